The van der Waals surface area contributed by atoms with Gasteiger partial charge in [-0.15, -0.1) is 0 Å². The SMILES string of the molecule is Cc1cc(C(C)(C)c2cccc(C(C)(C)c3ccc(O)c(C(C)c4ccc5ccc6cccc7ccc4c5c67)c3)c2)ccc1O. The van der Waals surface area contributed by atoms with Crippen LogP contribution in [0, 0.1) is 6.92 Å². The van der Waals surface area contributed by atoms with Gasteiger partial charge in [0.25, 0.3) is 0 Å². The minimum Gasteiger partial charge on any atom is -0.508 e. The van der Waals surface area contributed by atoms with Crippen LogP contribution in [0.2, 0.25) is 0 Å². The summed E-state index contributed by atoms with van der Waals surface area (Å²) in [5, 5.41) is 29.0. The molecule has 1 atom stereocenters. The second-order valence-corrected chi connectivity index (χ2v) is 13.8. The highest BCUT2D eigenvalue weighted by molar-refractivity contribution is 6.23. The van der Waals surface area contributed by atoms with Gasteiger partial charge < -0.3 is 10.2 Å². The molecule has 0 bridgehead atoms. The summed E-state index contributed by atoms with van der Waals surface area (Å²) < 4.78 is 0. The molecule has 0 saturated heterocycles. The van der Waals surface area contributed by atoms with Gasteiger partial charge in [0, 0.05) is 22.3 Å². The van der Waals surface area contributed by atoms with Crippen molar-refractivity contribution in [1.82, 2.24) is 0 Å². The minimum atomic E-state index is -0.304. The van der Waals surface area contributed by atoms with Crippen LogP contribution in [0.3, 0.4) is 0 Å². The first-order chi connectivity index (χ1) is 21.5. The van der Waals surface area contributed by atoms with E-state index in [0.717, 1.165) is 16.7 Å². The summed E-state index contributed by atoms with van der Waals surface area (Å²) in [7, 11) is 0. The Bertz CT molecular complexity index is 2200. The summed E-state index contributed by atoms with van der Waals surface area (Å²) in [6.07, 6.45) is 0. The number of aryl methyl sites for hydroxylation is 1. The lowest BCUT2D eigenvalue weighted by Crippen LogP contribution is -2.23. The molecule has 7 rings (SSSR count). The highest BCUT2D eigenvalue weighted by atomic mass is 16.3. The van der Waals surface area contributed by atoms with Crippen LogP contribution in [0.4, 0.5) is 0 Å². The third-order valence-electron chi connectivity index (χ3n) is 10.5. The molecule has 0 spiro atoms. The first kappa shape index (κ1) is 28.9. The molecule has 0 aliphatic carbocycles. The molecule has 7 aromatic carbocycles. The van der Waals surface area contributed by atoms with Gasteiger partial charge in [-0.05, 0) is 84.8 Å². The Balaban J connectivity index is 1.29. The first-order valence-electron chi connectivity index (χ1n) is 15.9. The Morgan fingerprint density at radius 3 is 1.64 bits per heavy atom. The molecule has 0 saturated carbocycles. The molecule has 1 unspecified atom stereocenters. The Morgan fingerprint density at radius 2 is 1.00 bits per heavy atom. The van der Waals surface area contributed by atoms with E-state index in [1.54, 1.807) is 6.07 Å². The standard InChI is InChI=1S/C43H40O2/c1-26-23-33(17-21-38(26)44)42(3,4)31-11-8-12-32(24-31)43(5,6)34-18-22-39(45)37(25-34)27(2)35-19-15-30-14-13-28-9-7-10-29-16-20-36(35)41(30)40(28)29/h7-25,27,44-45H,1-6H3. The lowest BCUT2D eigenvalue weighted by molar-refractivity contribution is 0.465. The molecule has 0 amide bonds. The number of benzene rings is 7. The van der Waals surface area contributed by atoms with E-state index in [1.807, 2.05) is 19.1 Å². The smallest absolute Gasteiger partial charge is 0.119 e. The van der Waals surface area contributed by atoms with Crippen LogP contribution in [0.1, 0.15) is 79.5 Å². The van der Waals surface area contributed by atoms with E-state index in [4.69, 9.17) is 0 Å². The van der Waals surface area contributed by atoms with E-state index < -0.39 is 0 Å². The first-order valence-corrected chi connectivity index (χ1v) is 15.9. The van der Waals surface area contributed by atoms with Crippen molar-refractivity contribution in [3.8, 4) is 11.5 Å². The predicted molar refractivity (Wildman–Crippen MR) is 189 cm³/mol. The summed E-state index contributed by atoms with van der Waals surface area (Å²) in [5.41, 5.74) is 7.26. The summed E-state index contributed by atoms with van der Waals surface area (Å²) in [4.78, 5) is 0. The molecule has 224 valence electrons. The van der Waals surface area contributed by atoms with Crippen molar-refractivity contribution >= 4 is 32.3 Å². The molecule has 0 aliphatic rings. The van der Waals surface area contributed by atoms with E-state index in [0.29, 0.717) is 11.5 Å². The molecule has 2 heteroatoms. The van der Waals surface area contributed by atoms with Gasteiger partial charge >= 0.3 is 0 Å². The lowest BCUT2D eigenvalue weighted by atomic mass is 9.72. The number of hydrogen-bond donors (Lipinski definition) is 2. The van der Waals surface area contributed by atoms with Gasteiger partial charge in [0.05, 0.1) is 0 Å². The van der Waals surface area contributed by atoms with Crippen molar-refractivity contribution in [2.24, 2.45) is 0 Å². The number of hydrogen-bond acceptors (Lipinski definition) is 2. The molecule has 0 aromatic heterocycles. The number of aromatic hydroxyl groups is 2. The van der Waals surface area contributed by atoms with Crippen molar-refractivity contribution in [3.63, 3.8) is 0 Å². The highest BCUT2D eigenvalue weighted by Gasteiger charge is 2.29. The van der Waals surface area contributed by atoms with Crippen molar-refractivity contribution in [1.29, 1.82) is 0 Å². The molecule has 2 N–H and O–H groups in total. The maximum absolute atomic E-state index is 11.2. The average Bonchev–Trinajstić information content (AvgIpc) is 3.04. The fraction of sp³-hybridized carbons (Fsp3) is 0.209. The van der Waals surface area contributed by atoms with Crippen molar-refractivity contribution in [3.05, 3.63) is 154 Å². The number of rotatable bonds is 6. The minimum absolute atomic E-state index is 0.00618. The van der Waals surface area contributed by atoms with Gasteiger partial charge in [-0.2, -0.15) is 0 Å². The largest absolute Gasteiger partial charge is 0.508 e. The second kappa shape index (κ2) is 10.4. The monoisotopic (exact) mass is 588 g/mol. The highest BCUT2D eigenvalue weighted by Crippen LogP contribution is 2.43. The lowest BCUT2D eigenvalue weighted by Gasteiger charge is -2.31. The van der Waals surface area contributed by atoms with Crippen molar-refractivity contribution < 1.29 is 10.2 Å². The van der Waals surface area contributed by atoms with Crippen LogP contribution in [0.15, 0.2) is 115 Å². The molecule has 2 nitrogen and oxygen atoms in total. The van der Waals surface area contributed by atoms with Crippen molar-refractivity contribution in [2.75, 3.05) is 0 Å². The van der Waals surface area contributed by atoms with Gasteiger partial charge in [0.15, 0.2) is 0 Å². The topological polar surface area (TPSA) is 40.5 Å². The Morgan fingerprint density at radius 1 is 0.489 bits per heavy atom. The quantitative estimate of drug-likeness (QED) is 0.190. The molecule has 0 aliphatic heterocycles. The molecule has 0 heterocycles. The Labute approximate surface area is 265 Å². The number of phenolic OH excluding ortho intramolecular Hbond substituents is 2. The van der Waals surface area contributed by atoms with Gasteiger partial charge in [-0.1, -0.05) is 138 Å². The van der Waals surface area contributed by atoms with Crippen LogP contribution < -0.4 is 0 Å². The Hall–Kier alpha value is -4.82. The van der Waals surface area contributed by atoms with Crippen LogP contribution in [-0.4, -0.2) is 10.2 Å². The second-order valence-electron chi connectivity index (χ2n) is 13.8. The molecular formula is C43H40O2. The summed E-state index contributed by atoms with van der Waals surface area (Å²) in [6, 6.07) is 40.8. The van der Waals surface area contributed by atoms with Gasteiger partial charge in [0.1, 0.15) is 11.5 Å². The molecule has 7 aromatic rings. The van der Waals surface area contributed by atoms with E-state index >= 15 is 0 Å². The Kier molecular flexibility index (Phi) is 6.67. The summed E-state index contributed by atoms with van der Waals surface area (Å²) in [5.74, 6) is 0.641. The van der Waals surface area contributed by atoms with Crippen LogP contribution >= 0.6 is 0 Å². The van der Waals surface area contributed by atoms with E-state index in [-0.39, 0.29) is 16.7 Å². The molecule has 0 fully saturated rings. The van der Waals surface area contributed by atoms with Gasteiger partial charge in [-0.3, -0.25) is 0 Å². The van der Waals surface area contributed by atoms with Crippen LogP contribution in [0.5, 0.6) is 11.5 Å². The maximum atomic E-state index is 11.2. The van der Waals surface area contributed by atoms with Crippen LogP contribution in [0.25, 0.3) is 32.3 Å². The van der Waals surface area contributed by atoms with Gasteiger partial charge in [0.2, 0.25) is 0 Å². The summed E-state index contributed by atoms with van der Waals surface area (Å²) >= 11 is 0. The van der Waals surface area contributed by atoms with E-state index in [2.05, 4.69) is 132 Å². The van der Waals surface area contributed by atoms with Crippen LogP contribution in [-0.2, 0) is 10.8 Å². The van der Waals surface area contributed by atoms with Crippen molar-refractivity contribution in [2.45, 2.75) is 58.3 Å². The zero-order valence-corrected chi connectivity index (χ0v) is 26.9. The zero-order valence-electron chi connectivity index (χ0n) is 26.9. The van der Waals surface area contributed by atoms with E-state index in [9.17, 15) is 10.2 Å². The molecule has 45 heavy (non-hydrogen) atoms. The fourth-order valence-corrected chi connectivity index (χ4v) is 7.27. The third kappa shape index (κ3) is 4.63. The third-order valence-corrected chi connectivity index (χ3v) is 10.5. The number of phenols is 2. The molecular weight excluding hydrogens is 548 g/mol. The average molecular weight is 589 g/mol. The fourth-order valence-electron chi connectivity index (χ4n) is 7.27. The maximum Gasteiger partial charge on any atom is 0.119 e. The van der Waals surface area contributed by atoms with E-state index in [1.165, 1.54) is 54.6 Å². The zero-order chi connectivity index (χ0) is 31.7. The summed E-state index contributed by atoms with van der Waals surface area (Å²) in [6.45, 7) is 13.2. The van der Waals surface area contributed by atoms with Gasteiger partial charge in [-0.25, -0.2) is 0 Å². The normalized spacial score (nSPS) is 13.2. The predicted octanol–water partition coefficient (Wildman–Crippen LogP) is 11.1. The molecule has 0 radical (unpaired) electrons.